The molecule has 0 saturated carbocycles. The molecule has 0 fully saturated rings. The number of benzene rings is 1. The van der Waals surface area contributed by atoms with Gasteiger partial charge in [0.05, 0.1) is 12.8 Å². The zero-order chi connectivity index (χ0) is 14.7. The maximum atomic E-state index is 5.38. The van der Waals surface area contributed by atoms with Crippen LogP contribution in [0.2, 0.25) is 0 Å². The number of anilines is 1. The van der Waals surface area contributed by atoms with Crippen molar-refractivity contribution in [3.05, 3.63) is 45.7 Å². The molecule has 108 valence electrons. The Hall–Kier alpha value is -1.42. The zero-order valence-corrected chi connectivity index (χ0v) is 14.0. The Labute approximate surface area is 129 Å². The highest BCUT2D eigenvalue weighted by atomic mass is 79.9. The fraction of sp³-hybridized carbons (Fsp3) is 0.375. The zero-order valence-electron chi connectivity index (χ0n) is 12.5. The van der Waals surface area contributed by atoms with E-state index in [1.54, 1.807) is 7.11 Å². The molecule has 0 aliphatic carbocycles. The van der Waals surface area contributed by atoms with Crippen LogP contribution in [0.1, 0.15) is 23.9 Å². The monoisotopic (exact) mass is 336 g/mol. The van der Waals surface area contributed by atoms with E-state index in [2.05, 4.69) is 52.7 Å². The number of hydrogen-bond acceptors (Lipinski definition) is 2. The second kappa shape index (κ2) is 6.35. The van der Waals surface area contributed by atoms with Gasteiger partial charge >= 0.3 is 0 Å². The molecule has 3 nitrogen and oxygen atoms in total. The molecule has 0 radical (unpaired) electrons. The Morgan fingerprint density at radius 2 is 2.00 bits per heavy atom. The van der Waals surface area contributed by atoms with Crippen molar-refractivity contribution >= 4 is 21.6 Å². The summed E-state index contributed by atoms with van der Waals surface area (Å²) in [5.41, 5.74) is 4.96. The molecule has 1 N–H and O–H groups in total. The number of halogens is 1. The molecule has 2 aromatic rings. The van der Waals surface area contributed by atoms with Crippen molar-refractivity contribution in [2.24, 2.45) is 0 Å². The molecule has 4 heteroatoms. The Balaban J connectivity index is 2.19. The second-order valence-corrected chi connectivity index (χ2v) is 5.75. The van der Waals surface area contributed by atoms with Crippen molar-refractivity contribution in [3.8, 4) is 5.75 Å². The van der Waals surface area contributed by atoms with Gasteiger partial charge in [0.2, 0.25) is 0 Å². The van der Waals surface area contributed by atoms with Gasteiger partial charge in [-0.15, -0.1) is 0 Å². The third-order valence-corrected chi connectivity index (χ3v) is 4.12. The molecule has 0 amide bonds. The highest BCUT2D eigenvalue weighted by Crippen LogP contribution is 2.28. The van der Waals surface area contributed by atoms with Crippen molar-refractivity contribution < 1.29 is 4.74 Å². The van der Waals surface area contributed by atoms with Crippen molar-refractivity contribution in [3.63, 3.8) is 0 Å². The van der Waals surface area contributed by atoms with Crippen LogP contribution in [0.4, 0.5) is 5.69 Å². The summed E-state index contributed by atoms with van der Waals surface area (Å²) in [5, 5.41) is 3.46. The largest absolute Gasteiger partial charge is 0.495 e. The SMILES string of the molecule is CCn1c(C)cc(CNc2cc(Br)ccc2OC)c1C. The lowest BCUT2D eigenvalue weighted by Crippen LogP contribution is -2.04. The highest BCUT2D eigenvalue weighted by molar-refractivity contribution is 9.10. The lowest BCUT2D eigenvalue weighted by atomic mass is 10.2. The molecule has 0 aliphatic heterocycles. The quantitative estimate of drug-likeness (QED) is 0.869. The normalized spacial score (nSPS) is 10.7. The maximum absolute atomic E-state index is 5.38. The topological polar surface area (TPSA) is 26.2 Å². The molecule has 0 unspecified atom stereocenters. The fourth-order valence-electron chi connectivity index (χ4n) is 2.55. The van der Waals surface area contributed by atoms with E-state index in [1.807, 2.05) is 18.2 Å². The van der Waals surface area contributed by atoms with Crippen LogP contribution in [-0.4, -0.2) is 11.7 Å². The number of hydrogen-bond donors (Lipinski definition) is 1. The minimum atomic E-state index is 0.798. The van der Waals surface area contributed by atoms with Crippen LogP contribution >= 0.6 is 15.9 Å². The van der Waals surface area contributed by atoms with Gasteiger partial charge in [-0.2, -0.15) is 0 Å². The highest BCUT2D eigenvalue weighted by Gasteiger charge is 2.09. The molecule has 1 aromatic heterocycles. The molecule has 0 bridgehead atoms. The van der Waals surface area contributed by atoms with E-state index < -0.39 is 0 Å². The molecule has 0 spiro atoms. The average molecular weight is 337 g/mol. The number of methoxy groups -OCH3 is 1. The molecule has 0 atom stereocenters. The summed E-state index contributed by atoms with van der Waals surface area (Å²) >= 11 is 3.49. The summed E-state index contributed by atoms with van der Waals surface area (Å²) in [4.78, 5) is 0. The number of nitrogens with zero attached hydrogens (tertiary/aromatic N) is 1. The first-order valence-electron chi connectivity index (χ1n) is 6.79. The standard InChI is InChI=1S/C16H21BrN2O/c1-5-19-11(2)8-13(12(19)3)10-18-15-9-14(17)6-7-16(15)20-4/h6-9,18H,5,10H2,1-4H3. The van der Waals surface area contributed by atoms with Gasteiger partial charge in [-0.1, -0.05) is 15.9 Å². The predicted octanol–water partition coefficient (Wildman–Crippen LogP) is 4.51. The first-order chi connectivity index (χ1) is 9.56. The van der Waals surface area contributed by atoms with E-state index in [1.165, 1.54) is 17.0 Å². The van der Waals surface area contributed by atoms with Crippen LogP contribution in [0.3, 0.4) is 0 Å². The minimum absolute atomic E-state index is 0.798. The van der Waals surface area contributed by atoms with Crippen molar-refractivity contribution in [1.82, 2.24) is 4.57 Å². The first kappa shape index (κ1) is 15.0. The third-order valence-electron chi connectivity index (χ3n) is 3.63. The van der Waals surface area contributed by atoms with Crippen LogP contribution in [-0.2, 0) is 13.1 Å². The first-order valence-corrected chi connectivity index (χ1v) is 7.59. The van der Waals surface area contributed by atoms with Crippen molar-refractivity contribution in [2.75, 3.05) is 12.4 Å². The average Bonchev–Trinajstić information content (AvgIpc) is 2.70. The third kappa shape index (κ3) is 3.01. The molecule has 20 heavy (non-hydrogen) atoms. The smallest absolute Gasteiger partial charge is 0.142 e. The maximum Gasteiger partial charge on any atom is 0.142 e. The number of ether oxygens (including phenoxy) is 1. The molecule has 0 saturated heterocycles. The summed E-state index contributed by atoms with van der Waals surface area (Å²) < 4.78 is 8.75. The molecular weight excluding hydrogens is 316 g/mol. The lowest BCUT2D eigenvalue weighted by molar-refractivity contribution is 0.416. The molecule has 2 rings (SSSR count). The Kier molecular flexibility index (Phi) is 4.76. The Bertz CT molecular complexity index is 605. The Morgan fingerprint density at radius 3 is 2.60 bits per heavy atom. The second-order valence-electron chi connectivity index (χ2n) is 4.84. The summed E-state index contributed by atoms with van der Waals surface area (Å²) in [6.07, 6.45) is 0. The predicted molar refractivity (Wildman–Crippen MR) is 87.6 cm³/mol. The Morgan fingerprint density at radius 1 is 1.25 bits per heavy atom. The minimum Gasteiger partial charge on any atom is -0.495 e. The summed E-state index contributed by atoms with van der Waals surface area (Å²) in [7, 11) is 1.69. The van der Waals surface area contributed by atoms with Gasteiger partial charge in [-0.05, 0) is 50.6 Å². The summed E-state index contributed by atoms with van der Waals surface area (Å²) in [6.45, 7) is 8.31. The van der Waals surface area contributed by atoms with Crippen molar-refractivity contribution in [1.29, 1.82) is 0 Å². The van der Waals surface area contributed by atoms with Gasteiger partial charge in [0.15, 0.2) is 0 Å². The number of rotatable bonds is 5. The van der Waals surface area contributed by atoms with Gasteiger partial charge in [0.1, 0.15) is 5.75 Å². The lowest BCUT2D eigenvalue weighted by Gasteiger charge is -2.12. The molecular formula is C16H21BrN2O. The fourth-order valence-corrected chi connectivity index (χ4v) is 2.91. The van der Waals surface area contributed by atoms with Crippen LogP contribution in [0.15, 0.2) is 28.7 Å². The van der Waals surface area contributed by atoms with E-state index in [0.717, 1.165) is 29.0 Å². The van der Waals surface area contributed by atoms with E-state index in [0.29, 0.717) is 0 Å². The van der Waals surface area contributed by atoms with Crippen LogP contribution < -0.4 is 10.1 Å². The summed E-state index contributed by atoms with van der Waals surface area (Å²) in [5.74, 6) is 0.859. The van der Waals surface area contributed by atoms with Gasteiger partial charge in [-0.3, -0.25) is 0 Å². The van der Waals surface area contributed by atoms with Gasteiger partial charge < -0.3 is 14.6 Å². The van der Waals surface area contributed by atoms with Crippen LogP contribution in [0.25, 0.3) is 0 Å². The van der Waals surface area contributed by atoms with E-state index >= 15 is 0 Å². The van der Waals surface area contributed by atoms with E-state index in [9.17, 15) is 0 Å². The van der Waals surface area contributed by atoms with Gasteiger partial charge in [0, 0.05) is 29.0 Å². The van der Waals surface area contributed by atoms with Crippen LogP contribution in [0.5, 0.6) is 5.75 Å². The van der Waals surface area contributed by atoms with Gasteiger partial charge in [-0.25, -0.2) is 0 Å². The number of aromatic nitrogens is 1. The summed E-state index contributed by atoms with van der Waals surface area (Å²) in [6, 6.07) is 8.23. The van der Waals surface area contributed by atoms with E-state index in [-0.39, 0.29) is 0 Å². The molecule has 0 aliphatic rings. The van der Waals surface area contributed by atoms with Crippen molar-refractivity contribution in [2.45, 2.75) is 33.9 Å². The number of aryl methyl sites for hydroxylation is 1. The molecule has 1 heterocycles. The van der Waals surface area contributed by atoms with Crippen LogP contribution in [0, 0.1) is 13.8 Å². The molecule has 1 aromatic carbocycles. The van der Waals surface area contributed by atoms with E-state index in [4.69, 9.17) is 4.74 Å². The van der Waals surface area contributed by atoms with Gasteiger partial charge in [0.25, 0.3) is 0 Å². The number of nitrogens with one attached hydrogen (secondary N) is 1.